The minimum atomic E-state index is 0.433. The topological polar surface area (TPSA) is 12.0 Å². The molecule has 0 bridgehead atoms. The second kappa shape index (κ2) is 4.95. The standard InChI is InChI=1S/C13H16BrN/c1-10(15-13-4-2-3-5-13)11-6-8-12(14)9-7-11/h2-3,6-10,13,15H,4-5H2,1H3. The summed E-state index contributed by atoms with van der Waals surface area (Å²) in [6.45, 7) is 2.22. The number of benzene rings is 1. The van der Waals surface area contributed by atoms with Crippen LogP contribution in [-0.2, 0) is 0 Å². The summed E-state index contributed by atoms with van der Waals surface area (Å²) in [5, 5.41) is 3.64. The summed E-state index contributed by atoms with van der Waals surface area (Å²) in [5.41, 5.74) is 1.35. The van der Waals surface area contributed by atoms with E-state index in [-0.39, 0.29) is 0 Å². The molecule has 1 atom stereocenters. The highest BCUT2D eigenvalue weighted by Crippen LogP contribution is 2.19. The van der Waals surface area contributed by atoms with Crippen LogP contribution in [0.5, 0.6) is 0 Å². The van der Waals surface area contributed by atoms with Crippen LogP contribution in [0.3, 0.4) is 0 Å². The molecule has 0 saturated carbocycles. The molecule has 1 aliphatic carbocycles. The number of nitrogens with one attached hydrogen (secondary N) is 1. The summed E-state index contributed by atoms with van der Waals surface area (Å²) >= 11 is 3.45. The van der Waals surface area contributed by atoms with Crippen molar-refractivity contribution >= 4 is 15.9 Å². The van der Waals surface area contributed by atoms with Gasteiger partial charge in [0.1, 0.15) is 0 Å². The van der Waals surface area contributed by atoms with E-state index in [1.54, 1.807) is 0 Å². The van der Waals surface area contributed by atoms with Crippen molar-refractivity contribution in [1.82, 2.24) is 5.32 Å². The summed E-state index contributed by atoms with van der Waals surface area (Å²) in [5.74, 6) is 0. The molecule has 0 amide bonds. The Hall–Kier alpha value is -0.600. The van der Waals surface area contributed by atoms with Crippen LogP contribution in [0.25, 0.3) is 0 Å². The molecular weight excluding hydrogens is 250 g/mol. The number of rotatable bonds is 3. The van der Waals surface area contributed by atoms with E-state index in [2.05, 4.69) is 64.6 Å². The first-order valence-electron chi connectivity index (χ1n) is 5.42. The van der Waals surface area contributed by atoms with Crippen molar-refractivity contribution in [3.8, 4) is 0 Å². The van der Waals surface area contributed by atoms with Gasteiger partial charge >= 0.3 is 0 Å². The molecule has 1 N–H and O–H groups in total. The first kappa shape index (κ1) is 10.9. The second-order valence-electron chi connectivity index (χ2n) is 4.08. The van der Waals surface area contributed by atoms with E-state index in [1.165, 1.54) is 18.4 Å². The Morgan fingerprint density at radius 3 is 2.40 bits per heavy atom. The van der Waals surface area contributed by atoms with Crippen molar-refractivity contribution in [2.75, 3.05) is 0 Å². The predicted molar refractivity (Wildman–Crippen MR) is 67.9 cm³/mol. The quantitative estimate of drug-likeness (QED) is 0.820. The first-order valence-corrected chi connectivity index (χ1v) is 6.21. The van der Waals surface area contributed by atoms with Crippen molar-refractivity contribution in [3.63, 3.8) is 0 Å². The lowest BCUT2D eigenvalue weighted by atomic mass is 10.1. The zero-order chi connectivity index (χ0) is 10.7. The molecule has 0 saturated heterocycles. The first-order chi connectivity index (χ1) is 7.25. The Bertz CT molecular complexity index is 334. The van der Waals surface area contributed by atoms with Crippen molar-refractivity contribution < 1.29 is 0 Å². The molecule has 1 aliphatic rings. The van der Waals surface area contributed by atoms with E-state index in [0.29, 0.717) is 12.1 Å². The molecule has 0 spiro atoms. The van der Waals surface area contributed by atoms with Gasteiger partial charge in [-0.1, -0.05) is 40.2 Å². The van der Waals surface area contributed by atoms with E-state index in [1.807, 2.05) is 0 Å². The van der Waals surface area contributed by atoms with Crippen LogP contribution in [0.4, 0.5) is 0 Å². The molecule has 2 rings (SSSR count). The maximum atomic E-state index is 3.64. The lowest BCUT2D eigenvalue weighted by Gasteiger charge is -2.19. The van der Waals surface area contributed by atoms with Gasteiger partial charge in [-0.2, -0.15) is 0 Å². The Morgan fingerprint density at radius 1 is 1.20 bits per heavy atom. The lowest BCUT2D eigenvalue weighted by molar-refractivity contribution is 0.471. The van der Waals surface area contributed by atoms with Gasteiger partial charge in [-0.3, -0.25) is 0 Å². The normalized spacial score (nSPS) is 18.3. The van der Waals surface area contributed by atoms with Gasteiger partial charge < -0.3 is 5.32 Å². The van der Waals surface area contributed by atoms with Crippen molar-refractivity contribution in [2.45, 2.75) is 31.8 Å². The smallest absolute Gasteiger partial charge is 0.0294 e. The average molecular weight is 266 g/mol. The molecule has 15 heavy (non-hydrogen) atoms. The van der Waals surface area contributed by atoms with Crippen LogP contribution in [-0.4, -0.2) is 6.04 Å². The molecule has 1 nitrogen and oxygen atoms in total. The van der Waals surface area contributed by atoms with Gasteiger partial charge in [-0.15, -0.1) is 0 Å². The van der Waals surface area contributed by atoms with Gasteiger partial charge in [0.25, 0.3) is 0 Å². The molecule has 1 unspecified atom stereocenters. The molecule has 0 radical (unpaired) electrons. The minimum Gasteiger partial charge on any atom is -0.307 e. The molecule has 2 heteroatoms. The Kier molecular flexibility index (Phi) is 3.60. The summed E-state index contributed by atoms with van der Waals surface area (Å²) in [7, 11) is 0. The summed E-state index contributed by atoms with van der Waals surface area (Å²) in [4.78, 5) is 0. The number of hydrogen-bond donors (Lipinski definition) is 1. The molecule has 1 aromatic carbocycles. The average Bonchev–Trinajstić information content (AvgIpc) is 2.71. The van der Waals surface area contributed by atoms with Crippen LogP contribution >= 0.6 is 15.9 Å². The second-order valence-corrected chi connectivity index (χ2v) is 5.00. The summed E-state index contributed by atoms with van der Waals surface area (Å²) in [6, 6.07) is 9.60. The highest BCUT2D eigenvalue weighted by Gasteiger charge is 2.13. The molecule has 0 aromatic heterocycles. The maximum Gasteiger partial charge on any atom is 0.0294 e. The maximum absolute atomic E-state index is 3.64. The minimum absolute atomic E-state index is 0.433. The van der Waals surface area contributed by atoms with E-state index < -0.39 is 0 Å². The van der Waals surface area contributed by atoms with Crippen LogP contribution in [0.2, 0.25) is 0 Å². The highest BCUT2D eigenvalue weighted by molar-refractivity contribution is 9.10. The monoisotopic (exact) mass is 265 g/mol. The molecule has 0 heterocycles. The number of halogens is 1. The molecule has 80 valence electrons. The molecule has 1 aromatic rings. The van der Waals surface area contributed by atoms with E-state index in [4.69, 9.17) is 0 Å². The van der Waals surface area contributed by atoms with Crippen LogP contribution in [0, 0.1) is 0 Å². The fraction of sp³-hybridized carbons (Fsp3) is 0.385. The summed E-state index contributed by atoms with van der Waals surface area (Å²) in [6.07, 6.45) is 6.85. The van der Waals surface area contributed by atoms with Crippen molar-refractivity contribution in [1.29, 1.82) is 0 Å². The molecule has 0 fully saturated rings. The third kappa shape index (κ3) is 2.93. The van der Waals surface area contributed by atoms with E-state index >= 15 is 0 Å². The highest BCUT2D eigenvalue weighted by atomic mass is 79.9. The van der Waals surface area contributed by atoms with Gasteiger partial charge in [-0.25, -0.2) is 0 Å². The van der Waals surface area contributed by atoms with Crippen molar-refractivity contribution in [3.05, 3.63) is 46.5 Å². The summed E-state index contributed by atoms with van der Waals surface area (Å²) < 4.78 is 1.14. The van der Waals surface area contributed by atoms with Gasteiger partial charge in [0.15, 0.2) is 0 Å². The van der Waals surface area contributed by atoms with Crippen LogP contribution < -0.4 is 5.32 Å². The number of hydrogen-bond acceptors (Lipinski definition) is 1. The molecule has 0 aliphatic heterocycles. The van der Waals surface area contributed by atoms with Crippen LogP contribution in [0.1, 0.15) is 31.4 Å². The van der Waals surface area contributed by atoms with Gasteiger partial charge in [0.2, 0.25) is 0 Å². The predicted octanol–water partition coefficient (Wildman–Crippen LogP) is 3.82. The Morgan fingerprint density at radius 2 is 1.80 bits per heavy atom. The molecular formula is C13H16BrN. The third-order valence-electron chi connectivity index (χ3n) is 2.86. The Balaban J connectivity index is 1.95. The SMILES string of the molecule is CC(NC1CC=CC1)c1ccc(Br)cc1. The van der Waals surface area contributed by atoms with Gasteiger partial charge in [0.05, 0.1) is 0 Å². The fourth-order valence-electron chi connectivity index (χ4n) is 1.95. The lowest BCUT2D eigenvalue weighted by Crippen LogP contribution is -2.29. The van der Waals surface area contributed by atoms with Gasteiger partial charge in [0, 0.05) is 16.6 Å². The van der Waals surface area contributed by atoms with Crippen molar-refractivity contribution in [2.24, 2.45) is 0 Å². The van der Waals surface area contributed by atoms with Crippen LogP contribution in [0.15, 0.2) is 40.9 Å². The zero-order valence-corrected chi connectivity index (χ0v) is 10.5. The third-order valence-corrected chi connectivity index (χ3v) is 3.39. The fourth-order valence-corrected chi connectivity index (χ4v) is 2.22. The van der Waals surface area contributed by atoms with E-state index in [9.17, 15) is 0 Å². The van der Waals surface area contributed by atoms with Gasteiger partial charge in [-0.05, 0) is 37.5 Å². The zero-order valence-electron chi connectivity index (χ0n) is 8.91. The van der Waals surface area contributed by atoms with E-state index in [0.717, 1.165) is 4.47 Å². The Labute approximate surface area is 99.7 Å². The largest absolute Gasteiger partial charge is 0.307 e.